The van der Waals surface area contributed by atoms with E-state index in [1.807, 2.05) is 12.1 Å². The number of amides is 1. The number of likely N-dealkylation sites (tertiary alicyclic amines) is 1. The largest absolute Gasteiger partial charge is 0.352 e. The molecule has 0 radical (unpaired) electrons. The Morgan fingerprint density at radius 3 is 2.82 bits per heavy atom. The summed E-state index contributed by atoms with van der Waals surface area (Å²) in [4.78, 5) is 18.7. The lowest BCUT2D eigenvalue weighted by Crippen LogP contribution is -2.33. The number of hydrogen-bond acceptors (Lipinski definition) is 6. The highest BCUT2D eigenvalue weighted by Crippen LogP contribution is 2.24. The number of hydrogen-bond donors (Lipinski definition) is 1. The Morgan fingerprint density at radius 2 is 2.00 bits per heavy atom. The fourth-order valence-electron chi connectivity index (χ4n) is 3.74. The first-order valence-corrected chi connectivity index (χ1v) is 10.6. The summed E-state index contributed by atoms with van der Waals surface area (Å²) in [6, 6.07) is 10.2. The number of carbonyl (C=O) groups excluding carboxylic acids is 1. The molecular weight excluding hydrogens is 370 g/mol. The average Bonchev–Trinajstić information content (AvgIpc) is 3.20. The van der Waals surface area contributed by atoms with Crippen LogP contribution in [0, 0.1) is 5.92 Å². The van der Waals surface area contributed by atoms with Gasteiger partial charge in [0.25, 0.3) is 0 Å². The van der Waals surface area contributed by atoms with Gasteiger partial charge in [0.15, 0.2) is 0 Å². The van der Waals surface area contributed by atoms with Gasteiger partial charge in [-0.3, -0.25) is 14.7 Å². The summed E-state index contributed by atoms with van der Waals surface area (Å²) >= 11 is 1.27. The number of rotatable bonds is 7. The van der Waals surface area contributed by atoms with Crippen molar-refractivity contribution < 1.29 is 4.79 Å². The molecule has 4 rings (SSSR count). The number of carbonyl (C=O) groups is 1. The number of nitrogens with zero attached hydrogens (tertiary/aromatic N) is 4. The number of piperidine rings is 1. The van der Waals surface area contributed by atoms with Crippen LogP contribution in [0.1, 0.15) is 36.8 Å². The lowest BCUT2D eigenvalue weighted by molar-refractivity contribution is -0.121. The summed E-state index contributed by atoms with van der Waals surface area (Å²) in [7, 11) is 0. The van der Waals surface area contributed by atoms with Gasteiger partial charge in [-0.2, -0.15) is 8.75 Å². The van der Waals surface area contributed by atoms with Gasteiger partial charge < -0.3 is 5.32 Å². The van der Waals surface area contributed by atoms with Crippen LogP contribution in [0.15, 0.2) is 42.7 Å². The molecule has 7 heteroatoms. The van der Waals surface area contributed by atoms with Crippen LogP contribution in [0.2, 0.25) is 0 Å². The van der Waals surface area contributed by atoms with Crippen LogP contribution >= 0.6 is 11.7 Å². The molecule has 3 aromatic rings. The van der Waals surface area contributed by atoms with Crippen molar-refractivity contribution in [2.24, 2.45) is 5.92 Å². The second-order valence-electron chi connectivity index (χ2n) is 7.48. The molecule has 1 fully saturated rings. The van der Waals surface area contributed by atoms with Gasteiger partial charge in [0.2, 0.25) is 5.91 Å². The lowest BCUT2D eigenvalue weighted by atomic mass is 9.92. The van der Waals surface area contributed by atoms with Crippen LogP contribution in [0.25, 0.3) is 11.0 Å². The highest BCUT2D eigenvalue weighted by molar-refractivity contribution is 7.00. The van der Waals surface area contributed by atoms with E-state index in [9.17, 15) is 4.79 Å². The van der Waals surface area contributed by atoms with E-state index in [1.165, 1.54) is 17.3 Å². The van der Waals surface area contributed by atoms with E-state index in [1.54, 1.807) is 12.4 Å². The third-order valence-electron chi connectivity index (χ3n) is 5.42. The topological polar surface area (TPSA) is 71.0 Å². The van der Waals surface area contributed by atoms with Crippen molar-refractivity contribution in [3.8, 4) is 0 Å². The third-order valence-corrected chi connectivity index (χ3v) is 5.98. The first kappa shape index (κ1) is 19.0. The molecule has 1 aromatic carbocycles. The second kappa shape index (κ2) is 9.21. The standard InChI is InChI=1S/C21H25N5OS/c27-21(23-14-18-2-1-9-22-13-18)6-4-16-7-10-26(11-8-16)15-17-3-5-19-20(12-17)25-28-24-19/h1-3,5,9,12-13,16H,4,6-8,10-11,14-15H2,(H,23,27). The number of fused-ring (bicyclic) bond motifs is 1. The number of pyridine rings is 1. The Balaban J connectivity index is 1.16. The van der Waals surface area contributed by atoms with Crippen molar-refractivity contribution in [2.45, 2.75) is 38.8 Å². The fourth-order valence-corrected chi connectivity index (χ4v) is 4.26. The molecule has 0 saturated carbocycles. The van der Waals surface area contributed by atoms with E-state index < -0.39 is 0 Å². The molecular formula is C21H25N5OS. The molecule has 0 spiro atoms. The number of aromatic nitrogens is 3. The van der Waals surface area contributed by atoms with Crippen LogP contribution in [-0.2, 0) is 17.9 Å². The predicted molar refractivity (Wildman–Crippen MR) is 111 cm³/mol. The monoisotopic (exact) mass is 395 g/mol. The van der Waals surface area contributed by atoms with Gasteiger partial charge in [0.1, 0.15) is 11.0 Å². The van der Waals surface area contributed by atoms with Crippen LogP contribution in [0.4, 0.5) is 0 Å². The van der Waals surface area contributed by atoms with Crippen molar-refractivity contribution in [1.29, 1.82) is 0 Å². The van der Waals surface area contributed by atoms with Gasteiger partial charge in [-0.15, -0.1) is 0 Å². The lowest BCUT2D eigenvalue weighted by Gasteiger charge is -2.32. The molecule has 1 N–H and O–H groups in total. The van der Waals surface area contributed by atoms with E-state index in [-0.39, 0.29) is 5.91 Å². The summed E-state index contributed by atoms with van der Waals surface area (Å²) in [5, 5.41) is 2.99. The maximum atomic E-state index is 12.1. The molecule has 0 aliphatic carbocycles. The summed E-state index contributed by atoms with van der Waals surface area (Å²) in [6.07, 6.45) is 7.44. The summed E-state index contributed by atoms with van der Waals surface area (Å²) in [5.74, 6) is 0.780. The van der Waals surface area contributed by atoms with Crippen molar-refractivity contribution in [1.82, 2.24) is 23.9 Å². The molecule has 1 saturated heterocycles. The van der Waals surface area contributed by atoms with E-state index in [2.05, 4.69) is 42.1 Å². The minimum atomic E-state index is 0.136. The Bertz CT molecular complexity index is 905. The quantitative estimate of drug-likeness (QED) is 0.664. The first-order valence-electron chi connectivity index (χ1n) is 9.85. The maximum absolute atomic E-state index is 12.1. The van der Waals surface area contributed by atoms with Crippen molar-refractivity contribution in [3.63, 3.8) is 0 Å². The van der Waals surface area contributed by atoms with E-state index in [0.717, 1.165) is 55.5 Å². The van der Waals surface area contributed by atoms with Gasteiger partial charge in [-0.1, -0.05) is 12.1 Å². The SMILES string of the molecule is O=C(CCC1CCN(Cc2ccc3nsnc3c2)CC1)NCc1cccnc1. The van der Waals surface area contributed by atoms with E-state index in [0.29, 0.717) is 18.9 Å². The molecule has 0 unspecified atom stereocenters. The molecule has 2 aromatic heterocycles. The third kappa shape index (κ3) is 5.11. The summed E-state index contributed by atoms with van der Waals surface area (Å²) < 4.78 is 8.59. The Morgan fingerprint density at radius 1 is 1.14 bits per heavy atom. The normalized spacial score (nSPS) is 15.7. The maximum Gasteiger partial charge on any atom is 0.220 e. The summed E-state index contributed by atoms with van der Waals surface area (Å²) in [5.41, 5.74) is 4.31. The molecule has 1 aliphatic rings. The van der Waals surface area contributed by atoms with Crippen LogP contribution in [0.3, 0.4) is 0 Å². The fraction of sp³-hybridized carbons (Fsp3) is 0.429. The van der Waals surface area contributed by atoms with Crippen molar-refractivity contribution in [2.75, 3.05) is 13.1 Å². The van der Waals surface area contributed by atoms with E-state index >= 15 is 0 Å². The molecule has 1 aliphatic heterocycles. The van der Waals surface area contributed by atoms with Gasteiger partial charge >= 0.3 is 0 Å². The van der Waals surface area contributed by atoms with Crippen LogP contribution in [0.5, 0.6) is 0 Å². The van der Waals surface area contributed by atoms with Crippen LogP contribution in [-0.4, -0.2) is 37.6 Å². The molecule has 0 atom stereocenters. The minimum Gasteiger partial charge on any atom is -0.352 e. The first-order chi connectivity index (χ1) is 13.8. The highest BCUT2D eigenvalue weighted by atomic mass is 32.1. The predicted octanol–water partition coefficient (Wildman–Crippen LogP) is 3.39. The minimum absolute atomic E-state index is 0.136. The van der Waals surface area contributed by atoms with E-state index in [4.69, 9.17) is 0 Å². The highest BCUT2D eigenvalue weighted by Gasteiger charge is 2.20. The molecule has 28 heavy (non-hydrogen) atoms. The number of nitrogens with one attached hydrogen (secondary N) is 1. The second-order valence-corrected chi connectivity index (χ2v) is 8.01. The van der Waals surface area contributed by atoms with Gasteiger partial charge in [-0.05, 0) is 67.6 Å². The molecule has 146 valence electrons. The zero-order valence-electron chi connectivity index (χ0n) is 15.9. The summed E-state index contributed by atoms with van der Waals surface area (Å²) in [6.45, 7) is 3.71. The van der Waals surface area contributed by atoms with Crippen molar-refractivity contribution >= 4 is 28.7 Å². The Kier molecular flexibility index (Phi) is 6.24. The smallest absolute Gasteiger partial charge is 0.220 e. The van der Waals surface area contributed by atoms with Crippen LogP contribution < -0.4 is 5.32 Å². The number of benzene rings is 1. The van der Waals surface area contributed by atoms with Gasteiger partial charge in [-0.25, -0.2) is 0 Å². The molecule has 6 nitrogen and oxygen atoms in total. The zero-order valence-corrected chi connectivity index (χ0v) is 16.7. The van der Waals surface area contributed by atoms with Gasteiger partial charge in [0, 0.05) is 31.9 Å². The molecule has 3 heterocycles. The zero-order chi connectivity index (χ0) is 19.2. The average molecular weight is 396 g/mol. The molecule has 1 amide bonds. The Labute approximate surface area is 169 Å². The van der Waals surface area contributed by atoms with Crippen molar-refractivity contribution in [3.05, 3.63) is 53.9 Å². The molecule has 0 bridgehead atoms. The Hall–Kier alpha value is -2.38. The van der Waals surface area contributed by atoms with Gasteiger partial charge in [0.05, 0.1) is 11.7 Å².